The molecule has 3 aromatic rings. The number of benzene rings is 2. The highest BCUT2D eigenvalue weighted by atomic mass is 16.5. The van der Waals surface area contributed by atoms with Crippen LogP contribution in [0.15, 0.2) is 42.5 Å². The topological polar surface area (TPSA) is 39.2 Å². The predicted molar refractivity (Wildman–Crippen MR) is 75.3 cm³/mol. The van der Waals surface area contributed by atoms with Gasteiger partial charge in [-0.2, -0.15) is 0 Å². The zero-order valence-electron chi connectivity index (χ0n) is 10.8. The summed E-state index contributed by atoms with van der Waals surface area (Å²) in [6, 6.07) is 13.8. The first-order valence-electron chi connectivity index (χ1n) is 6.08. The Kier molecular flexibility index (Phi) is 2.67. The lowest BCUT2D eigenvalue weighted by atomic mass is 10.0. The molecule has 0 fully saturated rings. The SMILES string of the molecule is COC(=O)c1nc2ccccc2c2ccc(C)cc12. The van der Waals surface area contributed by atoms with Crippen molar-refractivity contribution in [1.29, 1.82) is 0 Å². The number of pyridine rings is 1. The van der Waals surface area contributed by atoms with E-state index in [0.29, 0.717) is 5.69 Å². The first kappa shape index (κ1) is 11.7. The minimum Gasteiger partial charge on any atom is -0.464 e. The van der Waals surface area contributed by atoms with E-state index in [4.69, 9.17) is 4.74 Å². The van der Waals surface area contributed by atoms with Crippen molar-refractivity contribution in [2.45, 2.75) is 6.92 Å². The molecule has 0 bridgehead atoms. The van der Waals surface area contributed by atoms with Crippen LogP contribution in [0, 0.1) is 6.92 Å². The number of aryl methyl sites for hydroxylation is 1. The van der Waals surface area contributed by atoms with Crippen LogP contribution in [-0.4, -0.2) is 18.1 Å². The van der Waals surface area contributed by atoms with Crippen LogP contribution in [-0.2, 0) is 4.74 Å². The number of aromatic nitrogens is 1. The van der Waals surface area contributed by atoms with Crippen molar-refractivity contribution in [3.63, 3.8) is 0 Å². The molecule has 0 N–H and O–H groups in total. The third-order valence-corrected chi connectivity index (χ3v) is 3.24. The van der Waals surface area contributed by atoms with E-state index in [1.807, 2.05) is 49.4 Å². The van der Waals surface area contributed by atoms with E-state index in [0.717, 1.165) is 27.2 Å². The van der Waals surface area contributed by atoms with E-state index >= 15 is 0 Å². The highest BCUT2D eigenvalue weighted by Gasteiger charge is 2.15. The number of fused-ring (bicyclic) bond motifs is 3. The first-order valence-corrected chi connectivity index (χ1v) is 6.08. The summed E-state index contributed by atoms with van der Waals surface area (Å²) in [4.78, 5) is 16.3. The van der Waals surface area contributed by atoms with Crippen molar-refractivity contribution in [3.8, 4) is 0 Å². The van der Waals surface area contributed by atoms with Gasteiger partial charge in [0.05, 0.1) is 12.6 Å². The Morgan fingerprint density at radius 1 is 1.05 bits per heavy atom. The summed E-state index contributed by atoms with van der Waals surface area (Å²) < 4.78 is 4.83. The van der Waals surface area contributed by atoms with Gasteiger partial charge in [-0.05, 0) is 24.4 Å². The van der Waals surface area contributed by atoms with Crippen LogP contribution in [0.1, 0.15) is 16.1 Å². The summed E-state index contributed by atoms with van der Waals surface area (Å²) in [5, 5.41) is 2.91. The van der Waals surface area contributed by atoms with Gasteiger partial charge in [-0.15, -0.1) is 0 Å². The largest absolute Gasteiger partial charge is 0.464 e. The van der Waals surface area contributed by atoms with E-state index in [-0.39, 0.29) is 0 Å². The summed E-state index contributed by atoms with van der Waals surface area (Å²) in [5.41, 5.74) is 2.27. The molecule has 1 heterocycles. The van der Waals surface area contributed by atoms with E-state index < -0.39 is 5.97 Å². The van der Waals surface area contributed by atoms with Gasteiger partial charge in [-0.1, -0.05) is 35.9 Å². The van der Waals surface area contributed by atoms with Crippen molar-refractivity contribution in [3.05, 3.63) is 53.7 Å². The van der Waals surface area contributed by atoms with Crippen LogP contribution < -0.4 is 0 Å². The molecule has 3 heteroatoms. The van der Waals surface area contributed by atoms with Gasteiger partial charge in [0.15, 0.2) is 5.69 Å². The normalized spacial score (nSPS) is 10.8. The molecule has 0 amide bonds. The van der Waals surface area contributed by atoms with Crippen LogP contribution in [0.4, 0.5) is 0 Å². The minimum atomic E-state index is -0.402. The molecule has 3 rings (SSSR count). The van der Waals surface area contributed by atoms with E-state index in [9.17, 15) is 4.79 Å². The van der Waals surface area contributed by atoms with Crippen LogP contribution in [0.5, 0.6) is 0 Å². The molecular formula is C16H13NO2. The number of carbonyl (C=O) groups excluding carboxylic acids is 1. The molecule has 3 nitrogen and oxygen atoms in total. The van der Waals surface area contributed by atoms with Crippen LogP contribution in [0.25, 0.3) is 21.7 Å². The third-order valence-electron chi connectivity index (χ3n) is 3.24. The molecular weight excluding hydrogens is 238 g/mol. The fourth-order valence-electron chi connectivity index (χ4n) is 2.32. The van der Waals surface area contributed by atoms with Gasteiger partial charge in [0.1, 0.15) is 0 Å². The molecule has 0 saturated carbocycles. The summed E-state index contributed by atoms with van der Waals surface area (Å²) >= 11 is 0. The first-order chi connectivity index (χ1) is 9.20. The Morgan fingerprint density at radius 3 is 2.63 bits per heavy atom. The predicted octanol–water partition coefficient (Wildman–Crippen LogP) is 3.48. The second-order valence-corrected chi connectivity index (χ2v) is 4.52. The van der Waals surface area contributed by atoms with Crippen molar-refractivity contribution >= 4 is 27.6 Å². The van der Waals surface area contributed by atoms with Crippen molar-refractivity contribution in [1.82, 2.24) is 4.98 Å². The molecule has 2 aromatic carbocycles. The molecule has 0 unspecified atom stereocenters. The standard InChI is InChI=1S/C16H13NO2/c1-10-7-8-11-12-5-3-4-6-14(12)17-15(13(11)9-10)16(18)19-2/h3-9H,1-2H3. The van der Waals surface area contributed by atoms with Gasteiger partial charge >= 0.3 is 5.97 Å². The summed E-state index contributed by atoms with van der Waals surface area (Å²) in [7, 11) is 1.38. The van der Waals surface area contributed by atoms with Gasteiger partial charge < -0.3 is 4.74 Å². The zero-order chi connectivity index (χ0) is 13.4. The van der Waals surface area contributed by atoms with Gasteiger partial charge in [0.25, 0.3) is 0 Å². The Balaban J connectivity index is 2.51. The molecule has 0 radical (unpaired) electrons. The third kappa shape index (κ3) is 1.83. The lowest BCUT2D eigenvalue weighted by Gasteiger charge is -2.08. The van der Waals surface area contributed by atoms with E-state index in [2.05, 4.69) is 4.98 Å². The highest BCUT2D eigenvalue weighted by molar-refractivity contribution is 6.13. The van der Waals surface area contributed by atoms with Crippen molar-refractivity contribution in [2.24, 2.45) is 0 Å². The maximum Gasteiger partial charge on any atom is 0.357 e. The number of methoxy groups -OCH3 is 1. The smallest absolute Gasteiger partial charge is 0.357 e. The second kappa shape index (κ2) is 4.35. The number of para-hydroxylation sites is 1. The fraction of sp³-hybridized carbons (Fsp3) is 0.125. The Hall–Kier alpha value is -2.42. The molecule has 0 aliphatic heterocycles. The van der Waals surface area contributed by atoms with Crippen molar-refractivity contribution < 1.29 is 9.53 Å². The van der Waals surface area contributed by atoms with E-state index in [1.54, 1.807) is 0 Å². The summed E-state index contributed by atoms with van der Waals surface area (Å²) in [6.07, 6.45) is 0. The number of esters is 1. The molecule has 19 heavy (non-hydrogen) atoms. The van der Waals surface area contributed by atoms with Gasteiger partial charge in [0.2, 0.25) is 0 Å². The number of nitrogens with zero attached hydrogens (tertiary/aromatic N) is 1. The highest BCUT2D eigenvalue weighted by Crippen LogP contribution is 2.27. The number of hydrogen-bond acceptors (Lipinski definition) is 3. The number of carbonyl (C=O) groups is 1. The maximum atomic E-state index is 11.9. The fourth-order valence-corrected chi connectivity index (χ4v) is 2.32. The number of rotatable bonds is 1. The molecule has 0 saturated heterocycles. The minimum absolute atomic E-state index is 0.375. The molecule has 0 aliphatic rings. The maximum absolute atomic E-state index is 11.9. The van der Waals surface area contributed by atoms with Crippen LogP contribution in [0.3, 0.4) is 0 Å². The molecule has 0 atom stereocenters. The molecule has 0 aliphatic carbocycles. The van der Waals surface area contributed by atoms with Crippen molar-refractivity contribution in [2.75, 3.05) is 7.11 Å². The summed E-state index contributed by atoms with van der Waals surface area (Å²) in [6.45, 7) is 2.00. The van der Waals surface area contributed by atoms with Gasteiger partial charge in [-0.25, -0.2) is 9.78 Å². The molecule has 1 aromatic heterocycles. The average molecular weight is 251 g/mol. The number of ether oxygens (including phenoxy) is 1. The second-order valence-electron chi connectivity index (χ2n) is 4.52. The Morgan fingerprint density at radius 2 is 1.84 bits per heavy atom. The zero-order valence-corrected chi connectivity index (χ0v) is 10.8. The van der Waals surface area contributed by atoms with E-state index in [1.165, 1.54) is 7.11 Å². The summed E-state index contributed by atoms with van der Waals surface area (Å²) in [5.74, 6) is -0.402. The van der Waals surface area contributed by atoms with Crippen LogP contribution in [0.2, 0.25) is 0 Å². The van der Waals surface area contributed by atoms with Crippen LogP contribution >= 0.6 is 0 Å². The van der Waals surface area contributed by atoms with Gasteiger partial charge in [-0.3, -0.25) is 0 Å². The average Bonchev–Trinajstić information content (AvgIpc) is 2.45. The molecule has 94 valence electrons. The number of hydrogen-bond donors (Lipinski definition) is 0. The molecule has 0 spiro atoms. The lowest BCUT2D eigenvalue weighted by Crippen LogP contribution is -2.05. The quantitative estimate of drug-likeness (QED) is 0.491. The monoisotopic (exact) mass is 251 g/mol. The Bertz CT molecular complexity index is 793. The van der Waals surface area contributed by atoms with Gasteiger partial charge in [0, 0.05) is 10.8 Å². The Labute approximate surface area is 110 Å². The lowest BCUT2D eigenvalue weighted by molar-refractivity contribution is 0.0597.